The Morgan fingerprint density at radius 1 is 1.35 bits per heavy atom. The van der Waals surface area contributed by atoms with Gasteiger partial charge in [0, 0.05) is 44.0 Å². The molecule has 1 fully saturated rings. The minimum atomic E-state index is 0.497. The summed E-state index contributed by atoms with van der Waals surface area (Å²) in [7, 11) is 0. The average molecular weight is 278 g/mol. The smallest absolute Gasteiger partial charge is 0.0765 e. The normalized spacial score (nSPS) is 25.8. The summed E-state index contributed by atoms with van der Waals surface area (Å²) >= 11 is 0. The van der Waals surface area contributed by atoms with Gasteiger partial charge in [-0.05, 0) is 32.3 Å². The Labute approximate surface area is 123 Å². The minimum absolute atomic E-state index is 0.497. The maximum absolute atomic E-state index is 4.75. The summed E-state index contributed by atoms with van der Waals surface area (Å²) in [6, 6.07) is 3.96. The van der Waals surface area contributed by atoms with E-state index in [1.54, 1.807) is 0 Å². The van der Waals surface area contributed by atoms with Crippen LogP contribution in [0.25, 0.3) is 0 Å². The van der Waals surface area contributed by atoms with Crippen LogP contribution in [-0.2, 0) is 6.54 Å². The van der Waals surface area contributed by atoms with E-state index in [1.165, 1.54) is 18.5 Å². The van der Waals surface area contributed by atoms with E-state index in [-0.39, 0.29) is 0 Å². The van der Waals surface area contributed by atoms with Crippen LogP contribution in [0.4, 0.5) is 0 Å². The van der Waals surface area contributed by atoms with Crippen molar-refractivity contribution < 1.29 is 0 Å². The zero-order chi connectivity index (χ0) is 14.5. The summed E-state index contributed by atoms with van der Waals surface area (Å²) in [6.45, 7) is 12.2. The van der Waals surface area contributed by atoms with Crippen molar-refractivity contribution in [3.63, 3.8) is 0 Å². The second-order valence-electron chi connectivity index (χ2n) is 6.05. The molecule has 114 valence electrons. The number of hydrogen-bond acceptors (Lipinski definition) is 3. The Bertz CT molecular complexity index is 401. The number of piperazine rings is 1. The second kappa shape index (κ2) is 7.23. The Kier molecular flexibility index (Phi) is 5.61. The molecule has 0 saturated carbocycles. The first kappa shape index (κ1) is 15.5. The lowest BCUT2D eigenvalue weighted by Crippen LogP contribution is -2.55. The highest BCUT2D eigenvalue weighted by Crippen LogP contribution is 2.16. The van der Waals surface area contributed by atoms with E-state index < -0.39 is 0 Å². The summed E-state index contributed by atoms with van der Waals surface area (Å²) in [5.74, 6) is 0. The quantitative estimate of drug-likeness (QED) is 0.868. The van der Waals surface area contributed by atoms with Gasteiger partial charge in [0.25, 0.3) is 0 Å². The van der Waals surface area contributed by atoms with Crippen LogP contribution in [0.2, 0.25) is 0 Å². The summed E-state index contributed by atoms with van der Waals surface area (Å²) in [5, 5.41) is 8.40. The van der Waals surface area contributed by atoms with E-state index in [1.807, 2.05) is 0 Å². The molecule has 3 atom stereocenters. The monoisotopic (exact) mass is 278 g/mol. The summed E-state index contributed by atoms with van der Waals surface area (Å²) in [6.07, 6.45) is 5.66. The zero-order valence-corrected chi connectivity index (χ0v) is 13.5. The van der Waals surface area contributed by atoms with Gasteiger partial charge in [-0.25, -0.2) is 0 Å². The first-order valence-electron chi connectivity index (χ1n) is 8.19. The molecule has 4 nitrogen and oxygen atoms in total. The molecule has 0 aliphatic carbocycles. The van der Waals surface area contributed by atoms with E-state index in [4.69, 9.17) is 5.10 Å². The number of aromatic nitrogens is 2. The maximum Gasteiger partial charge on any atom is 0.0765 e. The third-order valence-electron chi connectivity index (χ3n) is 4.65. The van der Waals surface area contributed by atoms with Gasteiger partial charge < -0.3 is 5.32 Å². The van der Waals surface area contributed by atoms with Crippen LogP contribution in [-0.4, -0.2) is 39.9 Å². The molecule has 0 amide bonds. The SMILES string of the molecule is CCC1CN(Cc2ccn(C(C)CC)n2)C(CC)CN1. The molecule has 1 saturated heterocycles. The van der Waals surface area contributed by atoms with Gasteiger partial charge in [-0.2, -0.15) is 5.10 Å². The van der Waals surface area contributed by atoms with Gasteiger partial charge in [0.15, 0.2) is 0 Å². The van der Waals surface area contributed by atoms with Crippen LogP contribution in [0, 0.1) is 0 Å². The Balaban J connectivity index is 2.00. The Morgan fingerprint density at radius 2 is 2.15 bits per heavy atom. The van der Waals surface area contributed by atoms with Gasteiger partial charge in [-0.15, -0.1) is 0 Å². The Morgan fingerprint density at radius 3 is 2.80 bits per heavy atom. The van der Waals surface area contributed by atoms with Crippen LogP contribution >= 0.6 is 0 Å². The molecule has 1 aromatic rings. The van der Waals surface area contributed by atoms with E-state index >= 15 is 0 Å². The summed E-state index contributed by atoms with van der Waals surface area (Å²) in [4.78, 5) is 2.61. The number of rotatable bonds is 6. The highest BCUT2D eigenvalue weighted by molar-refractivity contribution is 5.01. The zero-order valence-electron chi connectivity index (χ0n) is 13.5. The van der Waals surface area contributed by atoms with Crippen LogP contribution in [0.1, 0.15) is 58.7 Å². The van der Waals surface area contributed by atoms with Crippen molar-refractivity contribution in [2.75, 3.05) is 13.1 Å². The average Bonchev–Trinajstić information content (AvgIpc) is 2.94. The van der Waals surface area contributed by atoms with Crippen molar-refractivity contribution in [3.05, 3.63) is 18.0 Å². The Hall–Kier alpha value is -0.870. The largest absolute Gasteiger partial charge is 0.311 e. The van der Waals surface area contributed by atoms with E-state index in [0.29, 0.717) is 18.1 Å². The standard InChI is InChI=1S/C16H30N4/c1-5-13(4)20-9-8-15(18-20)12-19-11-14(6-2)17-10-16(19)7-3/h8-9,13-14,16-17H,5-7,10-12H2,1-4H3. The topological polar surface area (TPSA) is 33.1 Å². The molecule has 0 aromatic carbocycles. The van der Waals surface area contributed by atoms with Gasteiger partial charge in [-0.1, -0.05) is 20.8 Å². The highest BCUT2D eigenvalue weighted by atomic mass is 15.3. The predicted molar refractivity (Wildman–Crippen MR) is 83.8 cm³/mol. The molecule has 2 heterocycles. The molecular weight excluding hydrogens is 248 g/mol. The maximum atomic E-state index is 4.75. The van der Waals surface area contributed by atoms with Crippen molar-refractivity contribution in [1.82, 2.24) is 20.0 Å². The van der Waals surface area contributed by atoms with Gasteiger partial charge in [0.2, 0.25) is 0 Å². The van der Waals surface area contributed by atoms with Crippen LogP contribution in [0.3, 0.4) is 0 Å². The molecule has 4 heteroatoms. The van der Waals surface area contributed by atoms with Gasteiger partial charge in [0.1, 0.15) is 0 Å². The van der Waals surface area contributed by atoms with Crippen molar-refractivity contribution in [2.45, 2.75) is 71.6 Å². The molecule has 3 unspecified atom stereocenters. The third kappa shape index (κ3) is 3.61. The molecule has 0 radical (unpaired) electrons. The lowest BCUT2D eigenvalue weighted by molar-refractivity contribution is 0.115. The number of nitrogens with one attached hydrogen (secondary N) is 1. The first-order chi connectivity index (χ1) is 9.67. The summed E-state index contributed by atoms with van der Waals surface area (Å²) < 4.78 is 2.11. The van der Waals surface area contributed by atoms with Gasteiger partial charge in [0.05, 0.1) is 5.69 Å². The molecule has 20 heavy (non-hydrogen) atoms. The van der Waals surface area contributed by atoms with Crippen LogP contribution in [0.15, 0.2) is 12.3 Å². The molecular formula is C16H30N4. The van der Waals surface area contributed by atoms with Crippen LogP contribution in [0.5, 0.6) is 0 Å². The van der Waals surface area contributed by atoms with Crippen molar-refractivity contribution in [2.24, 2.45) is 0 Å². The number of hydrogen-bond donors (Lipinski definition) is 1. The number of nitrogens with zero attached hydrogens (tertiary/aromatic N) is 3. The van der Waals surface area contributed by atoms with E-state index in [9.17, 15) is 0 Å². The molecule has 1 aliphatic rings. The fraction of sp³-hybridized carbons (Fsp3) is 0.812. The fourth-order valence-electron chi connectivity index (χ4n) is 2.90. The second-order valence-corrected chi connectivity index (χ2v) is 6.05. The van der Waals surface area contributed by atoms with Gasteiger partial charge >= 0.3 is 0 Å². The van der Waals surface area contributed by atoms with E-state index in [2.05, 4.69) is 54.9 Å². The molecule has 2 rings (SSSR count). The third-order valence-corrected chi connectivity index (χ3v) is 4.65. The molecule has 1 aliphatic heterocycles. The minimum Gasteiger partial charge on any atom is -0.311 e. The summed E-state index contributed by atoms with van der Waals surface area (Å²) in [5.41, 5.74) is 1.21. The first-order valence-corrected chi connectivity index (χ1v) is 8.19. The van der Waals surface area contributed by atoms with Crippen molar-refractivity contribution >= 4 is 0 Å². The van der Waals surface area contributed by atoms with Crippen molar-refractivity contribution in [3.8, 4) is 0 Å². The van der Waals surface area contributed by atoms with Crippen molar-refractivity contribution in [1.29, 1.82) is 0 Å². The lowest BCUT2D eigenvalue weighted by Gasteiger charge is -2.39. The predicted octanol–water partition coefficient (Wildman–Crippen LogP) is 2.82. The molecule has 1 N–H and O–H groups in total. The van der Waals surface area contributed by atoms with E-state index in [0.717, 1.165) is 26.1 Å². The molecule has 1 aromatic heterocycles. The fourth-order valence-corrected chi connectivity index (χ4v) is 2.90. The lowest BCUT2D eigenvalue weighted by atomic mass is 10.1. The van der Waals surface area contributed by atoms with Gasteiger partial charge in [-0.3, -0.25) is 9.58 Å². The van der Waals surface area contributed by atoms with Crippen LogP contribution < -0.4 is 5.32 Å². The molecule has 0 bridgehead atoms. The molecule has 0 spiro atoms. The highest BCUT2D eigenvalue weighted by Gasteiger charge is 2.26.